The number of hydrogen-bond acceptors (Lipinski definition) is 6. The number of halogens is 2. The van der Waals surface area contributed by atoms with Gasteiger partial charge >= 0.3 is 6.09 Å². The first kappa shape index (κ1) is 26.8. The Hall–Kier alpha value is -3.24. The summed E-state index contributed by atoms with van der Waals surface area (Å²) in [6.45, 7) is 4.23. The highest BCUT2D eigenvalue weighted by Gasteiger charge is 2.33. The number of ether oxygens (including phenoxy) is 1. The molecule has 2 aliphatic heterocycles. The molecule has 37 heavy (non-hydrogen) atoms. The lowest BCUT2D eigenvalue weighted by atomic mass is 10.1. The molecule has 11 heteroatoms. The maximum absolute atomic E-state index is 15.0. The average Bonchev–Trinajstić information content (AvgIpc) is 3.26. The normalized spacial score (nSPS) is 17.5. The fourth-order valence-electron chi connectivity index (χ4n) is 4.37. The molecule has 2 aromatic rings. The summed E-state index contributed by atoms with van der Waals surface area (Å²) in [5, 5.41) is 3.53. The van der Waals surface area contributed by atoms with Crippen molar-refractivity contribution in [3.05, 3.63) is 58.9 Å². The number of ketones is 1. The molecule has 0 aromatic heterocycles. The van der Waals surface area contributed by atoms with Gasteiger partial charge < -0.3 is 19.9 Å². The number of rotatable bonds is 8. The van der Waals surface area contributed by atoms with E-state index in [0.29, 0.717) is 66.2 Å². The molecule has 2 saturated heterocycles. The Labute approximate surface area is 225 Å². The van der Waals surface area contributed by atoms with Gasteiger partial charge in [-0.2, -0.15) is 0 Å². The molecule has 1 atom stereocenters. The first-order valence-corrected chi connectivity index (χ1v) is 12.8. The molecule has 0 aliphatic carbocycles. The largest absolute Gasteiger partial charge is 0.442 e. The van der Waals surface area contributed by atoms with Gasteiger partial charge in [-0.3, -0.25) is 14.5 Å². The Morgan fingerprint density at radius 1 is 1.11 bits per heavy atom. The third kappa shape index (κ3) is 6.75. The Morgan fingerprint density at radius 3 is 2.46 bits per heavy atom. The number of thiocarbonyl (C=S) groups is 1. The highest BCUT2D eigenvalue weighted by atomic mass is 35.5. The number of cyclic esters (lactones) is 1. The topological polar surface area (TPSA) is 82.2 Å². The Bertz CT molecular complexity index is 1190. The van der Waals surface area contributed by atoms with Crippen LogP contribution in [0.3, 0.4) is 0 Å². The number of Topliss-reactive ketones (excluding diaryl/α,β-unsaturated/α-hetero) is 1. The number of carbonyl (C=O) groups is 3. The summed E-state index contributed by atoms with van der Waals surface area (Å²) in [7, 11) is 0. The molecule has 8 nitrogen and oxygen atoms in total. The molecule has 0 radical (unpaired) electrons. The van der Waals surface area contributed by atoms with Crippen LogP contribution in [-0.2, 0) is 9.53 Å². The second-order valence-corrected chi connectivity index (χ2v) is 10.0. The number of benzene rings is 2. The Balaban J connectivity index is 1.28. The van der Waals surface area contributed by atoms with Crippen LogP contribution in [0.25, 0.3) is 0 Å². The van der Waals surface area contributed by atoms with Crippen molar-refractivity contribution < 1.29 is 23.5 Å². The van der Waals surface area contributed by atoms with Crippen LogP contribution in [-0.4, -0.2) is 73.0 Å². The van der Waals surface area contributed by atoms with Gasteiger partial charge in [0, 0.05) is 49.6 Å². The molecule has 2 aliphatic rings. The maximum Gasteiger partial charge on any atom is 0.414 e. The molecule has 1 unspecified atom stereocenters. The fourth-order valence-corrected chi connectivity index (χ4v) is 4.58. The third-order valence-electron chi connectivity index (χ3n) is 6.40. The molecule has 0 saturated carbocycles. The van der Waals surface area contributed by atoms with Crippen LogP contribution in [0, 0.1) is 5.82 Å². The van der Waals surface area contributed by atoms with Crippen molar-refractivity contribution >= 4 is 58.0 Å². The van der Waals surface area contributed by atoms with E-state index in [-0.39, 0.29) is 30.6 Å². The van der Waals surface area contributed by atoms with E-state index in [2.05, 4.69) is 5.32 Å². The summed E-state index contributed by atoms with van der Waals surface area (Å²) >= 11 is 10.8. The summed E-state index contributed by atoms with van der Waals surface area (Å²) in [6.07, 6.45) is -0.655. The number of piperazine rings is 1. The summed E-state index contributed by atoms with van der Waals surface area (Å²) in [5.74, 6) is -0.655. The standard InChI is InChI=1S/C26H28ClFN4O4S/c1-17(37)29-15-21-16-32(26(35)36-21)20-6-7-23(22(28)14-20)30-10-12-31(13-11-30)25(34)9-8-24(33)18-2-4-19(27)5-3-18/h2-7,14,21H,8-13,15-16H2,1H3,(H,29,37). The zero-order chi connectivity index (χ0) is 26.5. The molecular formula is C26H28ClFN4O4S. The van der Waals surface area contributed by atoms with E-state index < -0.39 is 11.9 Å². The van der Waals surface area contributed by atoms with E-state index in [0.717, 1.165) is 0 Å². The van der Waals surface area contributed by atoms with Crippen LogP contribution in [0.5, 0.6) is 0 Å². The molecule has 196 valence electrons. The van der Waals surface area contributed by atoms with Crippen LogP contribution in [0.1, 0.15) is 30.1 Å². The smallest absolute Gasteiger partial charge is 0.414 e. The van der Waals surface area contributed by atoms with Crippen molar-refractivity contribution in [3.8, 4) is 0 Å². The predicted molar refractivity (Wildman–Crippen MR) is 144 cm³/mol. The van der Waals surface area contributed by atoms with Gasteiger partial charge in [0.15, 0.2) is 5.78 Å². The van der Waals surface area contributed by atoms with Gasteiger partial charge in [0.2, 0.25) is 5.91 Å². The molecule has 4 rings (SSSR count). The monoisotopic (exact) mass is 546 g/mol. The number of carbonyl (C=O) groups excluding carboxylic acids is 3. The van der Waals surface area contributed by atoms with Crippen LogP contribution < -0.4 is 15.1 Å². The van der Waals surface area contributed by atoms with E-state index >= 15 is 4.39 Å². The van der Waals surface area contributed by atoms with E-state index in [1.165, 1.54) is 11.0 Å². The summed E-state index contributed by atoms with van der Waals surface area (Å²) in [5.41, 5.74) is 1.36. The molecule has 0 spiro atoms. The van der Waals surface area contributed by atoms with Crippen molar-refractivity contribution in [2.75, 3.05) is 49.1 Å². The van der Waals surface area contributed by atoms with Gasteiger partial charge in [0.05, 0.1) is 29.5 Å². The number of hydrogen-bond donors (Lipinski definition) is 1. The lowest BCUT2D eigenvalue weighted by Crippen LogP contribution is -2.49. The van der Waals surface area contributed by atoms with Crippen molar-refractivity contribution in [2.45, 2.75) is 25.9 Å². The number of nitrogens with one attached hydrogen (secondary N) is 1. The summed E-state index contributed by atoms with van der Waals surface area (Å²) < 4.78 is 20.4. The van der Waals surface area contributed by atoms with Crippen LogP contribution in [0.15, 0.2) is 42.5 Å². The van der Waals surface area contributed by atoms with Gasteiger partial charge in [0.25, 0.3) is 0 Å². The zero-order valence-corrected chi connectivity index (χ0v) is 22.0. The summed E-state index contributed by atoms with van der Waals surface area (Å²) in [6, 6.07) is 11.3. The van der Waals surface area contributed by atoms with Gasteiger partial charge in [-0.1, -0.05) is 23.8 Å². The fraction of sp³-hybridized carbons (Fsp3) is 0.385. The van der Waals surface area contributed by atoms with Crippen molar-refractivity contribution in [1.82, 2.24) is 10.2 Å². The average molecular weight is 547 g/mol. The molecule has 2 heterocycles. The second-order valence-electron chi connectivity index (χ2n) is 8.99. The zero-order valence-electron chi connectivity index (χ0n) is 20.4. The highest BCUT2D eigenvalue weighted by Crippen LogP contribution is 2.28. The first-order valence-electron chi connectivity index (χ1n) is 12.0. The minimum Gasteiger partial charge on any atom is -0.442 e. The molecule has 0 bridgehead atoms. The number of anilines is 2. The Kier molecular flexibility index (Phi) is 8.60. The van der Waals surface area contributed by atoms with E-state index in [1.54, 1.807) is 48.2 Å². The van der Waals surface area contributed by atoms with Crippen molar-refractivity contribution in [1.29, 1.82) is 0 Å². The van der Waals surface area contributed by atoms with Crippen molar-refractivity contribution in [2.24, 2.45) is 0 Å². The van der Waals surface area contributed by atoms with E-state index in [9.17, 15) is 14.4 Å². The predicted octanol–water partition coefficient (Wildman–Crippen LogP) is 4.05. The molecule has 2 fully saturated rings. The van der Waals surface area contributed by atoms with Crippen LogP contribution in [0.2, 0.25) is 5.02 Å². The third-order valence-corrected chi connectivity index (χ3v) is 6.80. The van der Waals surface area contributed by atoms with E-state index in [4.69, 9.17) is 28.6 Å². The highest BCUT2D eigenvalue weighted by molar-refractivity contribution is 7.80. The number of amides is 2. The van der Waals surface area contributed by atoms with Gasteiger partial charge in [-0.05, 0) is 49.4 Å². The number of nitrogens with zero attached hydrogens (tertiary/aromatic N) is 3. The van der Waals surface area contributed by atoms with E-state index in [1.807, 2.05) is 4.90 Å². The summed E-state index contributed by atoms with van der Waals surface area (Å²) in [4.78, 5) is 42.8. The lowest BCUT2D eigenvalue weighted by molar-refractivity contribution is -0.131. The first-order chi connectivity index (χ1) is 17.7. The molecular weight excluding hydrogens is 519 g/mol. The van der Waals surface area contributed by atoms with Gasteiger partial charge in [0.1, 0.15) is 11.9 Å². The molecule has 1 N–H and O–H groups in total. The van der Waals surface area contributed by atoms with Crippen molar-refractivity contribution in [3.63, 3.8) is 0 Å². The SMILES string of the molecule is CC(=S)NCC1CN(c2ccc(N3CCN(C(=O)CCC(=O)c4ccc(Cl)cc4)CC3)c(F)c2)C(=O)O1. The quantitative estimate of drug-likeness (QED) is 0.395. The van der Waals surface area contributed by atoms with Crippen LogP contribution in [0.4, 0.5) is 20.6 Å². The maximum atomic E-state index is 15.0. The minimum atomic E-state index is -0.525. The van der Waals surface area contributed by atoms with Gasteiger partial charge in [-0.25, -0.2) is 9.18 Å². The minimum absolute atomic E-state index is 0.0989. The van der Waals surface area contributed by atoms with Gasteiger partial charge in [-0.15, -0.1) is 0 Å². The lowest BCUT2D eigenvalue weighted by Gasteiger charge is -2.36. The Morgan fingerprint density at radius 2 is 1.81 bits per heavy atom. The molecule has 2 aromatic carbocycles. The second kappa shape index (κ2) is 11.9. The molecule has 2 amide bonds. The van der Waals surface area contributed by atoms with Crippen LogP contribution >= 0.6 is 23.8 Å².